The molecule has 2 aromatic heterocycles. The molecule has 0 atom stereocenters. The second kappa shape index (κ2) is 13.6. The van der Waals surface area contributed by atoms with Crippen LogP contribution in [0.3, 0.4) is 0 Å². The highest BCUT2D eigenvalue weighted by atomic mass is 16.1. The summed E-state index contributed by atoms with van der Waals surface area (Å²) in [4.78, 5) is 40.4. The van der Waals surface area contributed by atoms with Gasteiger partial charge in [-0.3, -0.25) is 14.6 Å². The molecule has 2 N–H and O–H groups in total. The molecule has 1 aliphatic rings. The fourth-order valence-corrected chi connectivity index (χ4v) is 5.46. The van der Waals surface area contributed by atoms with Gasteiger partial charge in [0, 0.05) is 68.2 Å². The van der Waals surface area contributed by atoms with Crippen molar-refractivity contribution in [3.63, 3.8) is 0 Å². The van der Waals surface area contributed by atoms with Crippen LogP contribution in [0.25, 0.3) is 11.3 Å². The summed E-state index contributed by atoms with van der Waals surface area (Å²) in [6, 6.07) is 17.5. The molecule has 0 bridgehead atoms. The fourth-order valence-electron chi connectivity index (χ4n) is 5.46. The SMILES string of the molecule is CCCCc1ncccc1C(=O)Nc1cccc(-c2cn(C)c(=O)c(Nc3ccc(N4CCN(CC)CC4)cc3)n2)c1C. The van der Waals surface area contributed by atoms with Crippen molar-refractivity contribution in [2.45, 2.75) is 40.0 Å². The zero-order valence-electron chi connectivity index (χ0n) is 25.6. The van der Waals surface area contributed by atoms with E-state index < -0.39 is 0 Å². The maximum Gasteiger partial charge on any atom is 0.293 e. The first-order valence-corrected chi connectivity index (χ1v) is 15.1. The lowest BCUT2D eigenvalue weighted by Crippen LogP contribution is -2.46. The van der Waals surface area contributed by atoms with E-state index in [-0.39, 0.29) is 17.3 Å². The molecular weight excluding hydrogens is 538 g/mol. The van der Waals surface area contributed by atoms with Crippen molar-refractivity contribution in [3.8, 4) is 11.3 Å². The average Bonchev–Trinajstić information content (AvgIpc) is 3.03. The molecule has 1 fully saturated rings. The number of anilines is 4. The van der Waals surface area contributed by atoms with Crippen LogP contribution >= 0.6 is 0 Å². The fraction of sp³-hybridized carbons (Fsp3) is 0.353. The third-order valence-electron chi connectivity index (χ3n) is 8.15. The number of carbonyl (C=O) groups is 1. The molecule has 1 aliphatic heterocycles. The molecule has 0 radical (unpaired) electrons. The van der Waals surface area contributed by atoms with Crippen molar-refractivity contribution < 1.29 is 4.79 Å². The predicted octanol–water partition coefficient (Wildman–Crippen LogP) is 5.63. The maximum absolute atomic E-state index is 13.3. The van der Waals surface area contributed by atoms with Gasteiger partial charge < -0.3 is 25.0 Å². The minimum atomic E-state index is -0.221. The van der Waals surface area contributed by atoms with Crippen molar-refractivity contribution >= 4 is 28.8 Å². The number of benzene rings is 2. The van der Waals surface area contributed by atoms with Crippen LogP contribution in [0.5, 0.6) is 0 Å². The molecule has 2 aromatic carbocycles. The maximum atomic E-state index is 13.3. The molecule has 43 heavy (non-hydrogen) atoms. The van der Waals surface area contributed by atoms with E-state index in [0.29, 0.717) is 16.9 Å². The summed E-state index contributed by atoms with van der Waals surface area (Å²) in [7, 11) is 1.72. The molecule has 1 saturated heterocycles. The zero-order valence-corrected chi connectivity index (χ0v) is 25.6. The summed E-state index contributed by atoms with van der Waals surface area (Å²) in [5.74, 6) is 0.0556. The Balaban J connectivity index is 1.35. The van der Waals surface area contributed by atoms with E-state index in [0.717, 1.165) is 74.5 Å². The molecule has 0 unspecified atom stereocenters. The predicted molar refractivity (Wildman–Crippen MR) is 175 cm³/mol. The zero-order chi connectivity index (χ0) is 30.3. The molecule has 9 nitrogen and oxygen atoms in total. The lowest BCUT2D eigenvalue weighted by molar-refractivity contribution is 0.102. The van der Waals surface area contributed by atoms with Crippen molar-refractivity contribution in [1.29, 1.82) is 0 Å². The van der Waals surface area contributed by atoms with Gasteiger partial charge in [0.25, 0.3) is 11.5 Å². The highest BCUT2D eigenvalue weighted by Crippen LogP contribution is 2.29. The van der Waals surface area contributed by atoms with E-state index in [1.165, 1.54) is 10.3 Å². The number of aromatic nitrogens is 3. The Morgan fingerprint density at radius 1 is 0.977 bits per heavy atom. The molecule has 5 rings (SSSR count). The van der Waals surface area contributed by atoms with Crippen LogP contribution in [0.1, 0.15) is 48.3 Å². The monoisotopic (exact) mass is 579 g/mol. The highest BCUT2D eigenvalue weighted by Gasteiger charge is 2.18. The Labute approximate surface area is 253 Å². The van der Waals surface area contributed by atoms with Crippen molar-refractivity contribution in [2.75, 3.05) is 48.3 Å². The third kappa shape index (κ3) is 6.94. The van der Waals surface area contributed by atoms with Crippen LogP contribution in [0.15, 0.2) is 71.8 Å². The topological polar surface area (TPSA) is 95.4 Å². The van der Waals surface area contributed by atoms with E-state index in [4.69, 9.17) is 4.98 Å². The standard InChI is InChI=1S/C34H41N7O2/c1-5-7-12-30-28(11-9-18-35-30)33(42)38-29-13-8-10-27(24(29)3)31-23-39(4)34(43)32(37-31)36-25-14-16-26(17-15-25)41-21-19-40(6-2)20-22-41/h8-11,13-18,23H,5-7,12,19-22H2,1-4H3,(H,36,37)(H,38,42). The number of carbonyl (C=O) groups excluding carboxylic acids is 1. The lowest BCUT2D eigenvalue weighted by atomic mass is 10.0. The molecule has 4 aromatic rings. The van der Waals surface area contributed by atoms with Crippen LogP contribution in [-0.4, -0.2) is 58.1 Å². The number of piperazine rings is 1. The average molecular weight is 580 g/mol. The Bertz CT molecular complexity index is 1620. The molecule has 0 spiro atoms. The van der Waals surface area contributed by atoms with E-state index in [9.17, 15) is 9.59 Å². The number of nitrogens with zero attached hydrogens (tertiary/aromatic N) is 5. The van der Waals surface area contributed by atoms with Gasteiger partial charge in [-0.15, -0.1) is 0 Å². The van der Waals surface area contributed by atoms with Gasteiger partial charge in [-0.1, -0.05) is 32.4 Å². The van der Waals surface area contributed by atoms with Gasteiger partial charge in [0.1, 0.15) is 0 Å². The molecule has 3 heterocycles. The van der Waals surface area contributed by atoms with Gasteiger partial charge in [-0.05, 0) is 74.3 Å². The number of nitrogens with one attached hydrogen (secondary N) is 2. The normalized spacial score (nSPS) is 13.6. The smallest absolute Gasteiger partial charge is 0.293 e. The van der Waals surface area contributed by atoms with Gasteiger partial charge in [0.2, 0.25) is 0 Å². The summed E-state index contributed by atoms with van der Waals surface area (Å²) in [5, 5.41) is 6.31. The second-order valence-electron chi connectivity index (χ2n) is 11.0. The summed E-state index contributed by atoms with van der Waals surface area (Å²) in [6.45, 7) is 11.5. The van der Waals surface area contributed by atoms with Gasteiger partial charge in [-0.2, -0.15) is 0 Å². The number of rotatable bonds is 10. The molecule has 1 amide bonds. The van der Waals surface area contributed by atoms with E-state index in [2.05, 4.69) is 51.4 Å². The minimum absolute atomic E-state index is 0.189. The summed E-state index contributed by atoms with van der Waals surface area (Å²) < 4.78 is 1.53. The molecule has 9 heteroatoms. The summed E-state index contributed by atoms with van der Waals surface area (Å²) >= 11 is 0. The Kier molecular flexibility index (Phi) is 9.51. The molecule has 224 valence electrons. The van der Waals surface area contributed by atoms with Gasteiger partial charge in [-0.25, -0.2) is 4.98 Å². The number of aryl methyl sites for hydroxylation is 2. The number of hydrogen-bond donors (Lipinski definition) is 2. The van der Waals surface area contributed by atoms with Gasteiger partial charge >= 0.3 is 0 Å². The van der Waals surface area contributed by atoms with E-state index in [1.54, 1.807) is 25.5 Å². The molecule has 0 saturated carbocycles. The first kappa shape index (κ1) is 30.0. The Morgan fingerprint density at radius 3 is 2.47 bits per heavy atom. The number of pyridine rings is 1. The van der Waals surface area contributed by atoms with Crippen LogP contribution in [-0.2, 0) is 13.5 Å². The summed E-state index contributed by atoms with van der Waals surface area (Å²) in [5.41, 5.74) is 6.15. The third-order valence-corrected chi connectivity index (χ3v) is 8.15. The lowest BCUT2D eigenvalue weighted by Gasteiger charge is -2.35. The van der Waals surface area contributed by atoms with Gasteiger partial charge in [0.15, 0.2) is 5.82 Å². The number of likely N-dealkylation sites (N-methyl/N-ethyl adjacent to an activating group) is 1. The van der Waals surface area contributed by atoms with Crippen LogP contribution in [0.2, 0.25) is 0 Å². The first-order valence-electron chi connectivity index (χ1n) is 15.1. The van der Waals surface area contributed by atoms with Gasteiger partial charge in [0.05, 0.1) is 17.0 Å². The van der Waals surface area contributed by atoms with Crippen LogP contribution < -0.4 is 21.1 Å². The number of unbranched alkanes of at least 4 members (excludes halogenated alkanes) is 1. The number of amides is 1. The first-order chi connectivity index (χ1) is 20.9. The Morgan fingerprint density at radius 2 is 1.74 bits per heavy atom. The summed E-state index contributed by atoms with van der Waals surface area (Å²) in [6.07, 6.45) is 6.22. The van der Waals surface area contributed by atoms with Crippen LogP contribution in [0.4, 0.5) is 22.9 Å². The van der Waals surface area contributed by atoms with Crippen LogP contribution in [0, 0.1) is 6.92 Å². The second-order valence-corrected chi connectivity index (χ2v) is 11.0. The molecule has 0 aliphatic carbocycles. The molecular formula is C34H41N7O2. The van der Waals surface area contributed by atoms with E-state index in [1.807, 2.05) is 43.3 Å². The highest BCUT2D eigenvalue weighted by molar-refractivity contribution is 6.05. The Hall–Kier alpha value is -4.50. The van der Waals surface area contributed by atoms with Crippen molar-refractivity contribution in [2.24, 2.45) is 7.05 Å². The number of hydrogen-bond acceptors (Lipinski definition) is 7. The minimum Gasteiger partial charge on any atom is -0.369 e. The van der Waals surface area contributed by atoms with Crippen molar-refractivity contribution in [3.05, 3.63) is 94.2 Å². The van der Waals surface area contributed by atoms with Crippen molar-refractivity contribution in [1.82, 2.24) is 19.4 Å². The quantitative estimate of drug-likeness (QED) is 0.251. The largest absolute Gasteiger partial charge is 0.369 e. The van der Waals surface area contributed by atoms with E-state index >= 15 is 0 Å².